The van der Waals surface area contributed by atoms with E-state index in [1.807, 2.05) is 0 Å². The molecule has 2 heterocycles. The number of nitrogens with zero attached hydrogens (tertiary/aromatic N) is 2. The molecule has 1 amide bonds. The Hall–Kier alpha value is -2.54. The van der Waals surface area contributed by atoms with Gasteiger partial charge in [0.2, 0.25) is 5.91 Å². The Labute approximate surface area is 158 Å². The summed E-state index contributed by atoms with van der Waals surface area (Å²) in [4.78, 5) is 36.2. The number of aromatic amines is 1. The molecule has 1 aliphatic carbocycles. The molecule has 1 atom stereocenters. The lowest BCUT2D eigenvalue weighted by Gasteiger charge is -2.30. The maximum Gasteiger partial charge on any atom is 0.255 e. The standard InChI is InChI=1S/C20H27N5O2/c1-13-16(20(27)25-19(23-13)15-7-9-22-10-8-15)11-18(26)24-17(12-21)14-5-3-2-4-6-14/h7-10,14,17H,2-6,11-12,21H2,1H3,(H,24,26)(H,23,25,27). The molecule has 0 aromatic carbocycles. The van der Waals surface area contributed by atoms with Gasteiger partial charge in [0.25, 0.3) is 5.56 Å². The summed E-state index contributed by atoms with van der Waals surface area (Å²) < 4.78 is 0. The van der Waals surface area contributed by atoms with Gasteiger partial charge in [-0.3, -0.25) is 14.6 Å². The van der Waals surface area contributed by atoms with E-state index in [0.717, 1.165) is 18.4 Å². The van der Waals surface area contributed by atoms with Crippen LogP contribution in [0.4, 0.5) is 0 Å². The van der Waals surface area contributed by atoms with E-state index in [4.69, 9.17) is 5.73 Å². The van der Waals surface area contributed by atoms with E-state index in [1.54, 1.807) is 31.5 Å². The van der Waals surface area contributed by atoms with Crippen molar-refractivity contribution in [3.05, 3.63) is 46.1 Å². The molecule has 7 nitrogen and oxygen atoms in total. The molecule has 7 heteroatoms. The van der Waals surface area contributed by atoms with Crippen molar-refractivity contribution >= 4 is 5.91 Å². The van der Waals surface area contributed by atoms with Gasteiger partial charge in [0.1, 0.15) is 5.82 Å². The highest BCUT2D eigenvalue weighted by Crippen LogP contribution is 2.26. The second kappa shape index (κ2) is 8.90. The smallest absolute Gasteiger partial charge is 0.255 e. The first-order valence-corrected chi connectivity index (χ1v) is 9.58. The molecule has 2 aromatic heterocycles. The Morgan fingerprint density at radius 1 is 1.30 bits per heavy atom. The van der Waals surface area contributed by atoms with E-state index in [1.165, 1.54) is 19.3 Å². The third kappa shape index (κ3) is 4.80. The first kappa shape index (κ1) is 19.2. The molecule has 0 spiro atoms. The summed E-state index contributed by atoms with van der Waals surface area (Å²) in [5.74, 6) is 0.730. The number of nitrogens with two attached hydrogens (primary N) is 1. The summed E-state index contributed by atoms with van der Waals surface area (Å²) in [6.07, 6.45) is 9.13. The summed E-state index contributed by atoms with van der Waals surface area (Å²) in [6.45, 7) is 2.18. The van der Waals surface area contributed by atoms with E-state index in [0.29, 0.717) is 29.5 Å². The molecule has 2 aromatic rings. The van der Waals surface area contributed by atoms with Crippen LogP contribution in [-0.4, -0.2) is 33.4 Å². The van der Waals surface area contributed by atoms with Crippen molar-refractivity contribution in [1.82, 2.24) is 20.3 Å². The molecule has 3 rings (SSSR count). The van der Waals surface area contributed by atoms with Gasteiger partial charge in [0.15, 0.2) is 0 Å². The van der Waals surface area contributed by atoms with Crippen molar-refractivity contribution in [3.63, 3.8) is 0 Å². The third-order valence-corrected chi connectivity index (χ3v) is 5.33. The summed E-state index contributed by atoms with van der Waals surface area (Å²) in [5, 5.41) is 3.03. The van der Waals surface area contributed by atoms with Crippen LogP contribution in [0.3, 0.4) is 0 Å². The normalized spacial score (nSPS) is 16.1. The maximum absolute atomic E-state index is 12.5. The number of nitrogens with one attached hydrogen (secondary N) is 2. The van der Waals surface area contributed by atoms with Gasteiger partial charge in [-0.25, -0.2) is 4.98 Å². The summed E-state index contributed by atoms with van der Waals surface area (Å²) in [6, 6.07) is 3.53. The molecule has 0 aliphatic heterocycles. The monoisotopic (exact) mass is 369 g/mol. The van der Waals surface area contributed by atoms with Crippen LogP contribution in [0.1, 0.15) is 43.4 Å². The van der Waals surface area contributed by atoms with Gasteiger partial charge < -0.3 is 16.0 Å². The third-order valence-electron chi connectivity index (χ3n) is 5.33. The van der Waals surface area contributed by atoms with Gasteiger partial charge in [-0.2, -0.15) is 0 Å². The molecular formula is C20H27N5O2. The van der Waals surface area contributed by atoms with Crippen LogP contribution in [0.15, 0.2) is 29.3 Å². The molecule has 0 saturated heterocycles. The molecule has 0 radical (unpaired) electrons. The fourth-order valence-corrected chi connectivity index (χ4v) is 3.79. The van der Waals surface area contributed by atoms with Gasteiger partial charge in [0.05, 0.1) is 6.42 Å². The molecule has 0 bridgehead atoms. The highest BCUT2D eigenvalue weighted by molar-refractivity contribution is 5.79. The first-order chi connectivity index (χ1) is 13.1. The Morgan fingerprint density at radius 3 is 2.63 bits per heavy atom. The Kier molecular flexibility index (Phi) is 6.34. The SMILES string of the molecule is Cc1nc(-c2ccncc2)[nH]c(=O)c1CC(=O)NC(CN)C1CCCCC1. The van der Waals surface area contributed by atoms with Crippen molar-refractivity contribution in [2.75, 3.05) is 6.54 Å². The Bertz CT molecular complexity index is 828. The van der Waals surface area contributed by atoms with Crippen molar-refractivity contribution in [2.45, 2.75) is 51.5 Å². The second-order valence-corrected chi connectivity index (χ2v) is 7.20. The molecule has 144 valence electrons. The van der Waals surface area contributed by atoms with Crippen molar-refractivity contribution < 1.29 is 4.79 Å². The lowest BCUT2D eigenvalue weighted by Crippen LogP contribution is -2.46. The second-order valence-electron chi connectivity index (χ2n) is 7.20. The number of aryl methyl sites for hydroxylation is 1. The fraction of sp³-hybridized carbons (Fsp3) is 0.500. The summed E-state index contributed by atoms with van der Waals surface area (Å²) in [7, 11) is 0. The van der Waals surface area contributed by atoms with Crippen molar-refractivity contribution in [1.29, 1.82) is 0 Å². The summed E-state index contributed by atoms with van der Waals surface area (Å²) >= 11 is 0. The number of amides is 1. The zero-order valence-corrected chi connectivity index (χ0v) is 15.7. The number of H-pyrrole nitrogens is 1. The minimum atomic E-state index is -0.286. The quantitative estimate of drug-likeness (QED) is 0.717. The van der Waals surface area contributed by atoms with E-state index in [2.05, 4.69) is 20.3 Å². The molecule has 1 fully saturated rings. The van der Waals surface area contributed by atoms with E-state index in [9.17, 15) is 9.59 Å². The number of aromatic nitrogens is 3. The lowest BCUT2D eigenvalue weighted by atomic mass is 9.84. The highest BCUT2D eigenvalue weighted by atomic mass is 16.2. The summed E-state index contributed by atoms with van der Waals surface area (Å²) in [5.41, 5.74) is 7.33. The van der Waals surface area contributed by atoms with Gasteiger partial charge in [-0.15, -0.1) is 0 Å². The number of hydrogen-bond donors (Lipinski definition) is 3. The van der Waals surface area contributed by atoms with Crippen LogP contribution in [0, 0.1) is 12.8 Å². The van der Waals surface area contributed by atoms with E-state index >= 15 is 0 Å². The first-order valence-electron chi connectivity index (χ1n) is 9.58. The average molecular weight is 369 g/mol. The van der Waals surface area contributed by atoms with Gasteiger partial charge in [-0.05, 0) is 37.8 Å². The topological polar surface area (TPSA) is 114 Å². The zero-order valence-electron chi connectivity index (χ0n) is 15.7. The van der Waals surface area contributed by atoms with Crippen molar-refractivity contribution in [3.8, 4) is 11.4 Å². The van der Waals surface area contributed by atoms with Gasteiger partial charge in [0, 0.05) is 41.8 Å². The molecule has 27 heavy (non-hydrogen) atoms. The van der Waals surface area contributed by atoms with Gasteiger partial charge >= 0.3 is 0 Å². The average Bonchev–Trinajstić information content (AvgIpc) is 2.70. The molecule has 1 aliphatic rings. The maximum atomic E-state index is 12.5. The highest BCUT2D eigenvalue weighted by Gasteiger charge is 2.24. The minimum Gasteiger partial charge on any atom is -0.352 e. The van der Waals surface area contributed by atoms with E-state index < -0.39 is 0 Å². The number of hydrogen-bond acceptors (Lipinski definition) is 5. The number of rotatable bonds is 6. The van der Waals surface area contributed by atoms with Crippen molar-refractivity contribution in [2.24, 2.45) is 11.7 Å². The predicted molar refractivity (Wildman–Crippen MR) is 104 cm³/mol. The van der Waals surface area contributed by atoms with Crippen LogP contribution < -0.4 is 16.6 Å². The zero-order chi connectivity index (χ0) is 19.2. The molecule has 4 N–H and O–H groups in total. The Morgan fingerprint density at radius 2 is 2.00 bits per heavy atom. The minimum absolute atomic E-state index is 0.00795. The fourth-order valence-electron chi connectivity index (χ4n) is 3.79. The molecule has 1 unspecified atom stereocenters. The van der Waals surface area contributed by atoms with E-state index in [-0.39, 0.29) is 23.9 Å². The number of carbonyl (C=O) groups excluding carboxylic acids is 1. The van der Waals surface area contributed by atoms with Crippen LogP contribution in [0.25, 0.3) is 11.4 Å². The molecule has 1 saturated carbocycles. The largest absolute Gasteiger partial charge is 0.352 e. The van der Waals surface area contributed by atoms with Crippen LogP contribution >= 0.6 is 0 Å². The predicted octanol–water partition coefficient (Wildman–Crippen LogP) is 1.71. The van der Waals surface area contributed by atoms with Gasteiger partial charge in [-0.1, -0.05) is 19.3 Å². The molecular weight excluding hydrogens is 342 g/mol. The van der Waals surface area contributed by atoms with Crippen LogP contribution in [-0.2, 0) is 11.2 Å². The van der Waals surface area contributed by atoms with Crippen LogP contribution in [0.5, 0.6) is 0 Å². The number of carbonyl (C=O) groups is 1. The Balaban J connectivity index is 1.71. The lowest BCUT2D eigenvalue weighted by molar-refractivity contribution is -0.121. The van der Waals surface area contributed by atoms with Crippen LogP contribution in [0.2, 0.25) is 0 Å². The number of pyridine rings is 1.